The smallest absolute Gasteiger partial charge is 0.237 e. The van der Waals surface area contributed by atoms with Crippen LogP contribution in [0.1, 0.15) is 16.7 Å². The number of ether oxygens (including phenoxy) is 1. The number of aromatic nitrogens is 4. The van der Waals surface area contributed by atoms with Gasteiger partial charge in [-0.3, -0.25) is 9.40 Å². The predicted octanol–water partition coefficient (Wildman–Crippen LogP) is 5.71. The quantitative estimate of drug-likeness (QED) is 0.405. The molecule has 4 aromatic rings. The van der Waals surface area contributed by atoms with E-state index in [0.717, 1.165) is 38.6 Å². The van der Waals surface area contributed by atoms with Gasteiger partial charge < -0.3 is 4.74 Å². The first-order chi connectivity index (χ1) is 14.5. The molecule has 2 heterocycles. The number of nitrogens with one attached hydrogen (secondary N) is 1. The Morgan fingerprint density at radius 3 is 2.37 bits per heavy atom. The van der Waals surface area contributed by atoms with Gasteiger partial charge >= 0.3 is 0 Å². The SMILES string of the molecule is Cc1ccccc1Oc1cc(-c2c(C)cccc2C)nc(NSc2cnn(C)c2)n1. The van der Waals surface area contributed by atoms with Crippen molar-refractivity contribution in [3.63, 3.8) is 0 Å². The number of hydrogen-bond acceptors (Lipinski definition) is 6. The second kappa shape index (κ2) is 8.59. The molecule has 0 unspecified atom stereocenters. The van der Waals surface area contributed by atoms with Crippen molar-refractivity contribution in [1.82, 2.24) is 19.7 Å². The summed E-state index contributed by atoms with van der Waals surface area (Å²) < 4.78 is 11.1. The highest BCUT2D eigenvalue weighted by molar-refractivity contribution is 8.00. The topological polar surface area (TPSA) is 64.9 Å². The molecule has 0 saturated carbocycles. The van der Waals surface area contributed by atoms with Crippen molar-refractivity contribution in [1.29, 1.82) is 0 Å². The molecule has 4 rings (SSSR count). The Morgan fingerprint density at radius 2 is 1.67 bits per heavy atom. The van der Waals surface area contributed by atoms with Crippen LogP contribution in [0.25, 0.3) is 11.3 Å². The predicted molar refractivity (Wildman–Crippen MR) is 121 cm³/mol. The lowest BCUT2D eigenvalue weighted by atomic mass is 10.00. The zero-order valence-electron chi connectivity index (χ0n) is 17.4. The van der Waals surface area contributed by atoms with E-state index in [2.05, 4.69) is 46.9 Å². The van der Waals surface area contributed by atoms with Crippen LogP contribution in [0.4, 0.5) is 5.95 Å². The minimum atomic E-state index is 0.479. The van der Waals surface area contributed by atoms with Crippen molar-refractivity contribution >= 4 is 17.9 Å². The molecule has 0 aliphatic rings. The van der Waals surface area contributed by atoms with Crippen LogP contribution >= 0.6 is 11.9 Å². The Morgan fingerprint density at radius 1 is 0.933 bits per heavy atom. The number of benzene rings is 2. The largest absolute Gasteiger partial charge is 0.439 e. The third-order valence-electron chi connectivity index (χ3n) is 4.69. The molecule has 0 bridgehead atoms. The van der Waals surface area contributed by atoms with Gasteiger partial charge in [0.1, 0.15) is 5.75 Å². The van der Waals surface area contributed by atoms with E-state index in [1.165, 1.54) is 11.9 Å². The molecule has 152 valence electrons. The third kappa shape index (κ3) is 4.46. The molecule has 1 N–H and O–H groups in total. The number of aryl methyl sites for hydroxylation is 4. The summed E-state index contributed by atoms with van der Waals surface area (Å²) >= 11 is 1.41. The highest BCUT2D eigenvalue weighted by Crippen LogP contribution is 2.32. The first kappa shape index (κ1) is 20.0. The van der Waals surface area contributed by atoms with Crippen LogP contribution in [0.3, 0.4) is 0 Å². The van der Waals surface area contributed by atoms with Crippen LogP contribution in [0, 0.1) is 20.8 Å². The zero-order valence-corrected chi connectivity index (χ0v) is 18.2. The molecule has 0 atom stereocenters. The van der Waals surface area contributed by atoms with E-state index in [1.807, 2.05) is 50.5 Å². The van der Waals surface area contributed by atoms with Gasteiger partial charge in [0.25, 0.3) is 0 Å². The highest BCUT2D eigenvalue weighted by Gasteiger charge is 2.13. The fourth-order valence-corrected chi connectivity index (χ4v) is 3.81. The fourth-order valence-electron chi connectivity index (χ4n) is 3.21. The Balaban J connectivity index is 1.72. The molecule has 2 aromatic heterocycles. The lowest BCUT2D eigenvalue weighted by Gasteiger charge is -2.14. The monoisotopic (exact) mass is 417 g/mol. The number of anilines is 1. The first-order valence-corrected chi connectivity index (χ1v) is 10.4. The van der Waals surface area contributed by atoms with E-state index in [0.29, 0.717) is 11.8 Å². The van der Waals surface area contributed by atoms with Crippen LogP contribution in [0.5, 0.6) is 11.6 Å². The molecule has 7 heteroatoms. The molecule has 2 aromatic carbocycles. The van der Waals surface area contributed by atoms with Crippen LogP contribution in [-0.4, -0.2) is 19.7 Å². The van der Waals surface area contributed by atoms with E-state index in [1.54, 1.807) is 10.9 Å². The summed E-state index contributed by atoms with van der Waals surface area (Å²) in [7, 11) is 1.89. The second-order valence-corrected chi connectivity index (χ2v) is 7.98. The number of rotatable bonds is 6. The molecule has 0 amide bonds. The summed E-state index contributed by atoms with van der Waals surface area (Å²) in [5.41, 5.74) is 5.26. The second-order valence-electron chi connectivity index (χ2n) is 7.10. The van der Waals surface area contributed by atoms with Gasteiger partial charge in [0.15, 0.2) is 0 Å². The van der Waals surface area contributed by atoms with Crippen molar-refractivity contribution in [2.75, 3.05) is 4.72 Å². The van der Waals surface area contributed by atoms with Crippen LogP contribution in [-0.2, 0) is 7.05 Å². The average Bonchev–Trinajstić information content (AvgIpc) is 3.13. The standard InChI is InChI=1S/C23H23N5OS/c1-15-8-5-6-11-20(15)29-21-12-19(22-16(2)9-7-10-17(22)3)25-23(26-21)27-30-18-13-24-28(4)14-18/h5-14H,1-4H3,(H,25,26,27). The summed E-state index contributed by atoms with van der Waals surface area (Å²) in [6.07, 6.45) is 3.72. The molecule has 0 aliphatic heterocycles. The van der Waals surface area contributed by atoms with Gasteiger partial charge in [-0.2, -0.15) is 10.1 Å². The first-order valence-electron chi connectivity index (χ1n) is 9.60. The molecule has 0 spiro atoms. The van der Waals surface area contributed by atoms with Crippen LogP contribution < -0.4 is 9.46 Å². The van der Waals surface area contributed by atoms with E-state index in [9.17, 15) is 0 Å². The van der Waals surface area contributed by atoms with Gasteiger partial charge in [-0.05, 0) is 55.5 Å². The highest BCUT2D eigenvalue weighted by atomic mass is 32.2. The molecule has 0 saturated heterocycles. The minimum Gasteiger partial charge on any atom is -0.439 e. The zero-order chi connectivity index (χ0) is 21.1. The van der Waals surface area contributed by atoms with E-state index in [-0.39, 0.29) is 0 Å². The summed E-state index contributed by atoms with van der Waals surface area (Å²) in [4.78, 5) is 10.3. The normalized spacial score (nSPS) is 10.8. The molecular formula is C23H23N5OS. The molecule has 0 aliphatic carbocycles. The Bertz CT molecular complexity index is 1170. The Kier molecular flexibility index (Phi) is 5.72. The van der Waals surface area contributed by atoms with Gasteiger partial charge in [0.05, 0.1) is 16.8 Å². The fraction of sp³-hybridized carbons (Fsp3) is 0.174. The number of nitrogens with zero attached hydrogens (tertiary/aromatic N) is 4. The van der Waals surface area contributed by atoms with Gasteiger partial charge in [-0.15, -0.1) is 0 Å². The minimum absolute atomic E-state index is 0.479. The third-order valence-corrected chi connectivity index (χ3v) is 5.42. The van der Waals surface area contributed by atoms with Gasteiger partial charge in [0.2, 0.25) is 11.8 Å². The van der Waals surface area contributed by atoms with Crippen molar-refractivity contribution < 1.29 is 4.74 Å². The Labute approximate surface area is 180 Å². The number of para-hydroxylation sites is 1. The molecule has 6 nitrogen and oxygen atoms in total. The van der Waals surface area contributed by atoms with Crippen LogP contribution in [0.2, 0.25) is 0 Å². The molecule has 0 fully saturated rings. The van der Waals surface area contributed by atoms with Gasteiger partial charge in [-0.25, -0.2) is 4.98 Å². The van der Waals surface area contributed by atoms with Crippen LogP contribution in [0.15, 0.2) is 65.8 Å². The lowest BCUT2D eigenvalue weighted by Crippen LogP contribution is -2.01. The maximum atomic E-state index is 6.13. The van der Waals surface area contributed by atoms with Gasteiger partial charge in [0, 0.05) is 24.9 Å². The van der Waals surface area contributed by atoms with Crippen molar-refractivity contribution in [3.05, 3.63) is 77.6 Å². The molecule has 0 radical (unpaired) electrons. The van der Waals surface area contributed by atoms with E-state index >= 15 is 0 Å². The van der Waals surface area contributed by atoms with Crippen molar-refractivity contribution in [2.24, 2.45) is 7.05 Å². The lowest BCUT2D eigenvalue weighted by molar-refractivity contribution is 0.459. The summed E-state index contributed by atoms with van der Waals surface area (Å²) in [6, 6.07) is 16.0. The van der Waals surface area contributed by atoms with Crippen molar-refractivity contribution in [2.45, 2.75) is 25.7 Å². The van der Waals surface area contributed by atoms with E-state index < -0.39 is 0 Å². The molecular weight excluding hydrogens is 394 g/mol. The summed E-state index contributed by atoms with van der Waals surface area (Å²) in [5, 5.41) is 4.19. The van der Waals surface area contributed by atoms with Crippen molar-refractivity contribution in [3.8, 4) is 22.9 Å². The number of hydrogen-bond donors (Lipinski definition) is 1. The Hall–Kier alpha value is -3.32. The average molecular weight is 418 g/mol. The molecule has 30 heavy (non-hydrogen) atoms. The summed E-state index contributed by atoms with van der Waals surface area (Å²) in [6.45, 7) is 6.19. The van der Waals surface area contributed by atoms with Gasteiger partial charge in [-0.1, -0.05) is 36.4 Å². The summed E-state index contributed by atoms with van der Waals surface area (Å²) in [5.74, 6) is 1.74. The maximum absolute atomic E-state index is 6.13. The van der Waals surface area contributed by atoms with E-state index in [4.69, 9.17) is 9.72 Å². The maximum Gasteiger partial charge on any atom is 0.237 e.